The Morgan fingerprint density at radius 1 is 0.919 bits per heavy atom. The molecule has 0 unspecified atom stereocenters. The van der Waals surface area contributed by atoms with E-state index in [1.807, 2.05) is 4.90 Å². The molecule has 1 fully saturated rings. The monoisotopic (exact) mass is 515 g/mol. The minimum Gasteiger partial charge on any atom is -0.399 e. The number of nitrogen functional groups attached to an aromatic ring is 1. The summed E-state index contributed by atoms with van der Waals surface area (Å²) in [6, 6.07) is 14.7. The van der Waals surface area contributed by atoms with Gasteiger partial charge in [-0.05, 0) is 54.1 Å². The highest BCUT2D eigenvalue weighted by Crippen LogP contribution is 2.31. The first kappa shape index (κ1) is 25.8. The average Bonchev–Trinajstić information content (AvgIpc) is 2.88. The Hall–Kier alpha value is -4.28. The lowest BCUT2D eigenvalue weighted by Crippen LogP contribution is -2.50. The molecule has 1 aliphatic heterocycles. The van der Waals surface area contributed by atoms with Crippen LogP contribution in [0.2, 0.25) is 0 Å². The summed E-state index contributed by atoms with van der Waals surface area (Å²) in [5.74, 6) is -0.716. The molecular formula is C26H25F4N5O2. The normalized spacial score (nSPS) is 13.8. The van der Waals surface area contributed by atoms with Crippen LogP contribution in [0.5, 0.6) is 0 Å². The van der Waals surface area contributed by atoms with E-state index in [4.69, 9.17) is 5.73 Å². The van der Waals surface area contributed by atoms with E-state index in [1.165, 1.54) is 29.2 Å². The van der Waals surface area contributed by atoms with Crippen LogP contribution in [-0.4, -0.2) is 43.0 Å². The molecule has 3 aromatic carbocycles. The Kier molecular flexibility index (Phi) is 7.51. The number of alkyl halides is 3. The molecular weight excluding hydrogens is 490 g/mol. The van der Waals surface area contributed by atoms with Crippen LogP contribution in [0.1, 0.15) is 21.5 Å². The predicted octanol–water partition coefficient (Wildman–Crippen LogP) is 4.71. The topological polar surface area (TPSA) is 90.7 Å². The number of carbonyl (C=O) groups is 2. The van der Waals surface area contributed by atoms with Gasteiger partial charge in [0.2, 0.25) is 0 Å². The number of nitrogens with one attached hydrogen (secondary N) is 2. The highest BCUT2D eigenvalue weighted by Gasteiger charge is 2.31. The second-order valence-electron chi connectivity index (χ2n) is 8.57. The van der Waals surface area contributed by atoms with Crippen LogP contribution in [0.3, 0.4) is 0 Å². The number of nitrogens with two attached hydrogens (primary N) is 1. The van der Waals surface area contributed by atoms with Gasteiger partial charge in [0, 0.05) is 49.8 Å². The molecule has 3 aromatic rings. The zero-order chi connectivity index (χ0) is 26.6. The van der Waals surface area contributed by atoms with Gasteiger partial charge in [-0.2, -0.15) is 13.2 Å². The number of halogens is 4. The minimum atomic E-state index is -4.51. The Balaban J connectivity index is 1.38. The van der Waals surface area contributed by atoms with Crippen molar-refractivity contribution in [2.75, 3.05) is 42.1 Å². The molecule has 4 N–H and O–H groups in total. The van der Waals surface area contributed by atoms with Crippen molar-refractivity contribution in [2.45, 2.75) is 12.7 Å². The number of nitrogens with zero attached hydrogens (tertiary/aromatic N) is 2. The predicted molar refractivity (Wildman–Crippen MR) is 133 cm³/mol. The lowest BCUT2D eigenvalue weighted by Gasteiger charge is -2.36. The second kappa shape index (κ2) is 10.8. The molecule has 1 saturated heterocycles. The van der Waals surface area contributed by atoms with Crippen LogP contribution < -0.4 is 21.3 Å². The Morgan fingerprint density at radius 2 is 1.62 bits per heavy atom. The van der Waals surface area contributed by atoms with E-state index in [-0.39, 0.29) is 24.0 Å². The van der Waals surface area contributed by atoms with Crippen LogP contribution in [0.25, 0.3) is 0 Å². The van der Waals surface area contributed by atoms with Gasteiger partial charge in [0.25, 0.3) is 5.91 Å². The number of hydrogen-bond donors (Lipinski definition) is 3. The van der Waals surface area contributed by atoms with Crippen molar-refractivity contribution in [3.8, 4) is 0 Å². The van der Waals surface area contributed by atoms with Crippen LogP contribution in [0.15, 0.2) is 66.7 Å². The summed E-state index contributed by atoms with van der Waals surface area (Å²) in [4.78, 5) is 29.0. The summed E-state index contributed by atoms with van der Waals surface area (Å²) in [5.41, 5.74) is 7.29. The summed E-state index contributed by atoms with van der Waals surface area (Å²) >= 11 is 0. The summed E-state index contributed by atoms with van der Waals surface area (Å²) < 4.78 is 52.0. The molecule has 0 aromatic heterocycles. The van der Waals surface area contributed by atoms with Crippen molar-refractivity contribution in [3.05, 3.63) is 89.2 Å². The van der Waals surface area contributed by atoms with Crippen LogP contribution in [-0.2, 0) is 12.7 Å². The van der Waals surface area contributed by atoms with Crippen LogP contribution in [0, 0.1) is 5.82 Å². The van der Waals surface area contributed by atoms with Crippen molar-refractivity contribution in [1.82, 2.24) is 10.2 Å². The van der Waals surface area contributed by atoms with Gasteiger partial charge < -0.3 is 26.2 Å². The molecule has 3 amide bonds. The first-order valence-corrected chi connectivity index (χ1v) is 11.5. The lowest BCUT2D eigenvalue weighted by molar-refractivity contribution is -0.137. The average molecular weight is 516 g/mol. The molecule has 1 aliphatic rings. The number of carbonyl (C=O) groups excluding carboxylic acids is 2. The number of rotatable bonds is 5. The van der Waals surface area contributed by atoms with E-state index in [0.717, 1.165) is 17.7 Å². The standard InChI is InChI=1S/C26H25F4N5O2/c27-19-6-4-17(5-7-19)16-32-24(36)22-15-20(31)8-9-23(22)34-10-12-35(13-11-34)25(37)33-21-3-1-2-18(14-21)26(28,29)30/h1-9,14-15H,10-13,16,31H2,(H,32,36)(H,33,37). The van der Waals surface area contributed by atoms with Crippen LogP contribution >= 0.6 is 0 Å². The Morgan fingerprint density at radius 3 is 2.30 bits per heavy atom. The van der Waals surface area contributed by atoms with E-state index in [2.05, 4.69) is 10.6 Å². The first-order valence-electron chi connectivity index (χ1n) is 11.5. The molecule has 11 heteroatoms. The minimum absolute atomic E-state index is 0.0564. The van der Waals surface area contributed by atoms with Crippen molar-refractivity contribution >= 4 is 29.0 Å². The van der Waals surface area contributed by atoms with Gasteiger partial charge in [0.05, 0.1) is 11.1 Å². The fourth-order valence-electron chi connectivity index (χ4n) is 4.02. The van der Waals surface area contributed by atoms with Crippen LogP contribution in [0.4, 0.5) is 39.4 Å². The maximum absolute atomic E-state index is 13.1. The van der Waals surface area contributed by atoms with Gasteiger partial charge in [-0.3, -0.25) is 4.79 Å². The molecule has 0 spiro atoms. The summed E-state index contributed by atoms with van der Waals surface area (Å²) in [7, 11) is 0. The van der Waals surface area contributed by atoms with Gasteiger partial charge in [0.15, 0.2) is 0 Å². The third-order valence-electron chi connectivity index (χ3n) is 5.98. The van der Waals surface area contributed by atoms with Gasteiger partial charge >= 0.3 is 12.2 Å². The molecule has 0 atom stereocenters. The molecule has 0 bridgehead atoms. The Bertz CT molecular complexity index is 1270. The van der Waals surface area contributed by atoms with Crippen molar-refractivity contribution in [3.63, 3.8) is 0 Å². The van der Waals surface area contributed by atoms with Gasteiger partial charge in [-0.15, -0.1) is 0 Å². The Labute approximate surface area is 210 Å². The third-order valence-corrected chi connectivity index (χ3v) is 5.98. The fraction of sp³-hybridized carbons (Fsp3) is 0.231. The largest absolute Gasteiger partial charge is 0.416 e. The molecule has 0 aliphatic carbocycles. The summed E-state index contributed by atoms with van der Waals surface area (Å²) in [6.07, 6.45) is -4.51. The zero-order valence-electron chi connectivity index (χ0n) is 19.7. The maximum atomic E-state index is 13.1. The fourth-order valence-corrected chi connectivity index (χ4v) is 4.02. The van der Waals surface area contributed by atoms with E-state index < -0.39 is 17.8 Å². The van der Waals surface area contributed by atoms with Gasteiger partial charge in [0.1, 0.15) is 5.82 Å². The zero-order valence-corrected chi connectivity index (χ0v) is 19.7. The SMILES string of the molecule is Nc1ccc(N2CCN(C(=O)Nc3cccc(C(F)(F)F)c3)CC2)c(C(=O)NCc2ccc(F)cc2)c1. The molecule has 7 nitrogen and oxygen atoms in total. The number of piperazine rings is 1. The van der Waals surface area contributed by atoms with E-state index in [1.54, 1.807) is 30.3 Å². The highest BCUT2D eigenvalue weighted by molar-refractivity contribution is 6.00. The highest BCUT2D eigenvalue weighted by atomic mass is 19.4. The summed E-state index contributed by atoms with van der Waals surface area (Å²) in [5, 5.41) is 5.33. The number of amides is 3. The number of anilines is 3. The molecule has 1 heterocycles. The van der Waals surface area contributed by atoms with Gasteiger partial charge in [-0.1, -0.05) is 18.2 Å². The van der Waals surface area contributed by atoms with Crippen molar-refractivity contribution in [2.24, 2.45) is 0 Å². The summed E-state index contributed by atoms with van der Waals surface area (Å²) in [6.45, 7) is 1.60. The molecule has 0 saturated carbocycles. The first-order chi connectivity index (χ1) is 17.6. The van der Waals surface area contributed by atoms with Crippen molar-refractivity contribution < 1.29 is 27.2 Å². The molecule has 4 rings (SSSR count). The van der Waals surface area contributed by atoms with Crippen molar-refractivity contribution in [1.29, 1.82) is 0 Å². The van der Waals surface area contributed by atoms with Gasteiger partial charge in [-0.25, -0.2) is 9.18 Å². The molecule has 37 heavy (non-hydrogen) atoms. The quantitative estimate of drug-likeness (QED) is 0.339. The molecule has 0 radical (unpaired) electrons. The smallest absolute Gasteiger partial charge is 0.399 e. The molecule has 194 valence electrons. The number of benzene rings is 3. The van der Waals surface area contributed by atoms with E-state index >= 15 is 0 Å². The van der Waals surface area contributed by atoms with E-state index in [9.17, 15) is 27.2 Å². The third kappa shape index (κ3) is 6.49. The number of urea groups is 1. The lowest BCUT2D eigenvalue weighted by atomic mass is 10.1. The maximum Gasteiger partial charge on any atom is 0.416 e. The second-order valence-corrected chi connectivity index (χ2v) is 8.57. The number of hydrogen-bond acceptors (Lipinski definition) is 4. The van der Waals surface area contributed by atoms with E-state index in [0.29, 0.717) is 43.1 Å².